The molecule has 3 N–H and O–H groups in total. The molecule has 5 heteroatoms. The van der Waals surface area contributed by atoms with Gasteiger partial charge in [0.25, 0.3) is 0 Å². The zero-order valence-corrected chi connectivity index (χ0v) is 11.3. The molecule has 0 amide bonds. The number of anilines is 1. The van der Waals surface area contributed by atoms with Crippen molar-refractivity contribution in [2.45, 2.75) is 12.7 Å². The minimum atomic E-state index is -0.877. The number of rotatable bonds is 4. The first-order chi connectivity index (χ1) is 9.13. The van der Waals surface area contributed by atoms with Gasteiger partial charge in [0.05, 0.1) is 11.6 Å². The number of methoxy groups -OCH3 is 1. The van der Waals surface area contributed by atoms with E-state index in [0.29, 0.717) is 17.2 Å². The Kier molecular flexibility index (Phi) is 4.37. The smallest absolute Gasteiger partial charge is 0.129 e. The van der Waals surface area contributed by atoms with Crippen molar-refractivity contribution in [2.24, 2.45) is 0 Å². The van der Waals surface area contributed by atoms with Crippen LogP contribution in [0.3, 0.4) is 0 Å². The van der Waals surface area contributed by atoms with Crippen molar-refractivity contribution >= 4 is 17.4 Å². The predicted octanol–water partition coefficient (Wildman–Crippen LogP) is 2.55. The molecule has 0 bridgehead atoms. The molecule has 2 rings (SSSR count). The van der Waals surface area contributed by atoms with Gasteiger partial charge in [0.15, 0.2) is 0 Å². The average molecular weight is 279 g/mol. The maximum absolute atomic E-state index is 10.5. The van der Waals surface area contributed by atoms with Crippen LogP contribution < -0.4 is 5.73 Å². The van der Waals surface area contributed by atoms with Gasteiger partial charge in [-0.05, 0) is 17.2 Å². The van der Waals surface area contributed by atoms with E-state index in [1.807, 2.05) is 24.3 Å². The van der Waals surface area contributed by atoms with E-state index in [0.717, 1.165) is 11.1 Å². The number of nitrogens with two attached hydrogens (primary N) is 1. The number of nitrogens with zero attached hydrogens (tertiary/aromatic N) is 1. The van der Waals surface area contributed by atoms with Crippen LogP contribution >= 0.6 is 11.6 Å². The fourth-order valence-corrected chi connectivity index (χ4v) is 2.11. The maximum atomic E-state index is 10.5. The van der Waals surface area contributed by atoms with Gasteiger partial charge in [-0.2, -0.15) is 0 Å². The van der Waals surface area contributed by atoms with Crippen LogP contribution in [0.25, 0.3) is 0 Å². The molecule has 4 nitrogen and oxygen atoms in total. The van der Waals surface area contributed by atoms with Gasteiger partial charge in [-0.1, -0.05) is 35.9 Å². The molecule has 1 unspecified atom stereocenters. The summed E-state index contributed by atoms with van der Waals surface area (Å²) >= 11 is 5.90. The molecule has 100 valence electrons. The van der Waals surface area contributed by atoms with Gasteiger partial charge in [-0.3, -0.25) is 0 Å². The Hall–Kier alpha value is -1.62. The summed E-state index contributed by atoms with van der Waals surface area (Å²) < 4.78 is 5.12. The fraction of sp³-hybridized carbons (Fsp3) is 0.214. The first-order valence-electron chi connectivity index (χ1n) is 5.79. The normalized spacial score (nSPS) is 12.4. The standard InChI is InChI=1S/C14H15ClN2O2/c1-19-8-9-4-2-3-5-11(9)13(18)12-6-10(15)7-17-14(12)16/h2-7,13,18H,8H2,1H3,(H2,16,17). The molecular weight excluding hydrogens is 264 g/mol. The Morgan fingerprint density at radius 3 is 2.84 bits per heavy atom. The van der Waals surface area contributed by atoms with E-state index >= 15 is 0 Å². The van der Waals surface area contributed by atoms with Crippen LogP contribution in [0.4, 0.5) is 5.82 Å². The van der Waals surface area contributed by atoms with E-state index < -0.39 is 6.10 Å². The van der Waals surface area contributed by atoms with Crippen molar-refractivity contribution < 1.29 is 9.84 Å². The highest BCUT2D eigenvalue weighted by molar-refractivity contribution is 6.30. The van der Waals surface area contributed by atoms with Crippen molar-refractivity contribution in [2.75, 3.05) is 12.8 Å². The zero-order valence-electron chi connectivity index (χ0n) is 10.5. The SMILES string of the molecule is COCc1ccccc1C(O)c1cc(Cl)cnc1N. The average Bonchev–Trinajstić information content (AvgIpc) is 2.42. The summed E-state index contributed by atoms with van der Waals surface area (Å²) in [5.41, 5.74) is 7.92. The largest absolute Gasteiger partial charge is 0.384 e. The second-order valence-electron chi connectivity index (χ2n) is 4.16. The van der Waals surface area contributed by atoms with Crippen molar-refractivity contribution in [3.63, 3.8) is 0 Å². The quantitative estimate of drug-likeness (QED) is 0.902. The van der Waals surface area contributed by atoms with Crippen molar-refractivity contribution in [3.05, 3.63) is 58.2 Å². The van der Waals surface area contributed by atoms with Crippen LogP contribution in [-0.2, 0) is 11.3 Å². The van der Waals surface area contributed by atoms with Gasteiger partial charge in [0, 0.05) is 18.9 Å². The molecule has 0 aliphatic carbocycles. The molecule has 0 saturated carbocycles. The van der Waals surface area contributed by atoms with Crippen LogP contribution in [0.5, 0.6) is 0 Å². The molecule has 0 saturated heterocycles. The minimum absolute atomic E-state index is 0.268. The summed E-state index contributed by atoms with van der Waals surface area (Å²) in [6.07, 6.45) is 0.575. The molecule has 0 fully saturated rings. The maximum Gasteiger partial charge on any atom is 0.129 e. The van der Waals surface area contributed by atoms with Crippen LogP contribution in [0.15, 0.2) is 36.5 Å². The number of benzene rings is 1. The van der Waals surface area contributed by atoms with Gasteiger partial charge in [0.2, 0.25) is 0 Å². The molecule has 1 aromatic carbocycles. The fourth-order valence-electron chi connectivity index (χ4n) is 1.94. The van der Waals surface area contributed by atoms with E-state index in [9.17, 15) is 5.11 Å². The second-order valence-corrected chi connectivity index (χ2v) is 4.60. The molecule has 1 aromatic heterocycles. The monoisotopic (exact) mass is 278 g/mol. The Labute approximate surface area is 116 Å². The zero-order chi connectivity index (χ0) is 13.8. The number of hydrogen-bond donors (Lipinski definition) is 2. The van der Waals surface area contributed by atoms with Gasteiger partial charge in [0.1, 0.15) is 11.9 Å². The topological polar surface area (TPSA) is 68.4 Å². The van der Waals surface area contributed by atoms with Crippen molar-refractivity contribution in [1.82, 2.24) is 4.98 Å². The highest BCUT2D eigenvalue weighted by atomic mass is 35.5. The number of aliphatic hydroxyl groups is 1. The molecule has 1 atom stereocenters. The molecule has 1 heterocycles. The van der Waals surface area contributed by atoms with E-state index in [4.69, 9.17) is 22.1 Å². The second kappa shape index (κ2) is 6.02. The Morgan fingerprint density at radius 1 is 1.37 bits per heavy atom. The number of hydrogen-bond acceptors (Lipinski definition) is 4. The number of halogens is 1. The first kappa shape index (κ1) is 13.8. The summed E-state index contributed by atoms with van der Waals surface area (Å²) in [6.45, 7) is 0.418. The van der Waals surface area contributed by atoms with Crippen molar-refractivity contribution in [1.29, 1.82) is 0 Å². The highest BCUT2D eigenvalue weighted by Gasteiger charge is 2.17. The molecule has 2 aromatic rings. The molecule has 0 radical (unpaired) electrons. The minimum Gasteiger partial charge on any atom is -0.384 e. The number of ether oxygens (including phenoxy) is 1. The Morgan fingerprint density at radius 2 is 2.11 bits per heavy atom. The molecular formula is C14H15ClN2O2. The van der Waals surface area contributed by atoms with Gasteiger partial charge >= 0.3 is 0 Å². The molecule has 0 aliphatic heterocycles. The predicted molar refractivity (Wildman–Crippen MR) is 74.9 cm³/mol. The number of aliphatic hydroxyl groups excluding tert-OH is 1. The van der Waals surface area contributed by atoms with Crippen LogP contribution in [0.2, 0.25) is 5.02 Å². The lowest BCUT2D eigenvalue weighted by Crippen LogP contribution is -2.08. The Balaban J connectivity index is 2.43. The third-order valence-corrected chi connectivity index (χ3v) is 3.07. The van der Waals surface area contributed by atoms with Gasteiger partial charge < -0.3 is 15.6 Å². The van der Waals surface area contributed by atoms with E-state index in [-0.39, 0.29) is 5.82 Å². The third kappa shape index (κ3) is 3.04. The molecule has 0 aliphatic rings. The number of pyridine rings is 1. The van der Waals surface area contributed by atoms with E-state index in [2.05, 4.69) is 4.98 Å². The third-order valence-electron chi connectivity index (χ3n) is 2.86. The summed E-state index contributed by atoms with van der Waals surface area (Å²) in [5.74, 6) is 0.268. The number of aromatic nitrogens is 1. The van der Waals surface area contributed by atoms with E-state index in [1.165, 1.54) is 6.20 Å². The first-order valence-corrected chi connectivity index (χ1v) is 6.17. The molecule has 19 heavy (non-hydrogen) atoms. The van der Waals surface area contributed by atoms with Gasteiger partial charge in [-0.15, -0.1) is 0 Å². The number of nitrogen functional groups attached to an aromatic ring is 1. The highest BCUT2D eigenvalue weighted by Crippen LogP contribution is 2.29. The Bertz CT molecular complexity index is 575. The lowest BCUT2D eigenvalue weighted by atomic mass is 9.97. The summed E-state index contributed by atoms with van der Waals surface area (Å²) in [6, 6.07) is 9.10. The molecule has 0 spiro atoms. The van der Waals surface area contributed by atoms with Crippen LogP contribution in [0.1, 0.15) is 22.8 Å². The van der Waals surface area contributed by atoms with Crippen LogP contribution in [-0.4, -0.2) is 17.2 Å². The lowest BCUT2D eigenvalue weighted by Gasteiger charge is -2.17. The summed E-state index contributed by atoms with van der Waals surface area (Å²) in [4.78, 5) is 3.96. The van der Waals surface area contributed by atoms with E-state index in [1.54, 1.807) is 13.2 Å². The van der Waals surface area contributed by atoms with Crippen LogP contribution in [0, 0.1) is 0 Å². The van der Waals surface area contributed by atoms with Gasteiger partial charge in [-0.25, -0.2) is 4.98 Å². The lowest BCUT2D eigenvalue weighted by molar-refractivity contribution is 0.176. The van der Waals surface area contributed by atoms with Crippen molar-refractivity contribution in [3.8, 4) is 0 Å². The summed E-state index contributed by atoms with van der Waals surface area (Å²) in [7, 11) is 1.61. The summed E-state index contributed by atoms with van der Waals surface area (Å²) in [5, 5.41) is 10.9.